The topological polar surface area (TPSA) is 15.3 Å². The summed E-state index contributed by atoms with van der Waals surface area (Å²) in [4.78, 5) is 2.59. The lowest BCUT2D eigenvalue weighted by atomic mass is 9.93. The number of rotatable bonds is 2. The number of nitrogens with one attached hydrogen (secondary N) is 1. The predicted molar refractivity (Wildman–Crippen MR) is 80.6 cm³/mol. The average Bonchev–Trinajstić information content (AvgIpc) is 2.40. The summed E-state index contributed by atoms with van der Waals surface area (Å²) in [5.74, 6) is 3.30. The molecule has 2 atom stereocenters. The molecular formula is C15H22N2S. The Morgan fingerprint density at radius 2 is 2.28 bits per heavy atom. The van der Waals surface area contributed by atoms with E-state index in [0.717, 1.165) is 12.5 Å². The van der Waals surface area contributed by atoms with Gasteiger partial charge < -0.3 is 10.2 Å². The van der Waals surface area contributed by atoms with Crippen molar-refractivity contribution < 1.29 is 0 Å². The number of nitrogens with zero attached hydrogens (tertiary/aromatic N) is 1. The van der Waals surface area contributed by atoms with Crippen molar-refractivity contribution in [2.24, 2.45) is 5.92 Å². The third kappa shape index (κ3) is 2.67. The zero-order valence-electron chi connectivity index (χ0n) is 11.1. The molecule has 2 aliphatic rings. The molecule has 2 heterocycles. The zero-order chi connectivity index (χ0) is 12.4. The Morgan fingerprint density at radius 1 is 1.39 bits per heavy atom. The second-order valence-electron chi connectivity index (χ2n) is 5.57. The van der Waals surface area contributed by atoms with E-state index in [9.17, 15) is 0 Å². The second kappa shape index (κ2) is 5.54. The molecule has 1 N–H and O–H groups in total. The first-order chi connectivity index (χ1) is 8.83. The highest BCUT2D eigenvalue weighted by Gasteiger charge is 2.24. The van der Waals surface area contributed by atoms with E-state index in [1.807, 2.05) is 0 Å². The fraction of sp³-hybridized carbons (Fsp3) is 0.600. The van der Waals surface area contributed by atoms with Crippen molar-refractivity contribution in [3.8, 4) is 0 Å². The Hall–Kier alpha value is -0.670. The highest BCUT2D eigenvalue weighted by Crippen LogP contribution is 2.29. The molecule has 0 bridgehead atoms. The quantitative estimate of drug-likeness (QED) is 0.881. The number of hydrogen-bond acceptors (Lipinski definition) is 3. The van der Waals surface area contributed by atoms with Crippen LogP contribution < -0.4 is 10.2 Å². The van der Waals surface area contributed by atoms with Crippen LogP contribution in [0.25, 0.3) is 0 Å². The van der Waals surface area contributed by atoms with Gasteiger partial charge in [0.05, 0.1) is 0 Å². The molecule has 3 heteroatoms. The van der Waals surface area contributed by atoms with Crippen LogP contribution in [0, 0.1) is 5.92 Å². The minimum Gasteiger partial charge on any atom is -0.369 e. The van der Waals surface area contributed by atoms with Crippen LogP contribution in [0.5, 0.6) is 0 Å². The van der Waals surface area contributed by atoms with Crippen LogP contribution in [-0.4, -0.2) is 37.2 Å². The van der Waals surface area contributed by atoms with Gasteiger partial charge in [0.15, 0.2) is 0 Å². The Balaban J connectivity index is 1.75. The molecular weight excluding hydrogens is 240 g/mol. The van der Waals surface area contributed by atoms with Crippen LogP contribution in [0.15, 0.2) is 24.3 Å². The van der Waals surface area contributed by atoms with E-state index in [-0.39, 0.29) is 0 Å². The van der Waals surface area contributed by atoms with Gasteiger partial charge in [0.1, 0.15) is 0 Å². The minimum atomic E-state index is 0.655. The Bertz CT molecular complexity index is 401. The van der Waals surface area contributed by atoms with Crippen molar-refractivity contribution >= 4 is 17.4 Å². The van der Waals surface area contributed by atoms with E-state index < -0.39 is 0 Å². The molecule has 3 rings (SSSR count). The maximum Gasteiger partial charge on any atom is 0.0399 e. The second-order valence-corrected chi connectivity index (χ2v) is 6.72. The normalized spacial score (nSPS) is 27.9. The number of hydrogen-bond donors (Lipinski definition) is 1. The van der Waals surface area contributed by atoms with E-state index in [1.54, 1.807) is 0 Å². The fourth-order valence-corrected chi connectivity index (χ4v) is 4.02. The van der Waals surface area contributed by atoms with Crippen molar-refractivity contribution in [1.82, 2.24) is 5.32 Å². The Labute approximate surface area is 114 Å². The van der Waals surface area contributed by atoms with Gasteiger partial charge in [-0.25, -0.2) is 0 Å². The average molecular weight is 262 g/mol. The summed E-state index contributed by atoms with van der Waals surface area (Å²) < 4.78 is 0. The van der Waals surface area contributed by atoms with Crippen LogP contribution >= 0.6 is 11.8 Å². The van der Waals surface area contributed by atoms with Crippen molar-refractivity contribution in [1.29, 1.82) is 0 Å². The highest BCUT2D eigenvalue weighted by atomic mass is 32.2. The van der Waals surface area contributed by atoms with Gasteiger partial charge in [-0.3, -0.25) is 0 Å². The number of anilines is 1. The summed E-state index contributed by atoms with van der Waals surface area (Å²) in [6.07, 6.45) is 1.24. The fourth-order valence-electron chi connectivity index (χ4n) is 3.08. The van der Waals surface area contributed by atoms with Gasteiger partial charge in [0.25, 0.3) is 0 Å². The van der Waals surface area contributed by atoms with Crippen LogP contribution in [0.4, 0.5) is 5.69 Å². The monoisotopic (exact) mass is 262 g/mol. The number of benzene rings is 1. The van der Waals surface area contributed by atoms with Gasteiger partial charge in [-0.2, -0.15) is 11.8 Å². The lowest BCUT2D eigenvalue weighted by Gasteiger charge is -2.38. The molecule has 0 saturated carbocycles. The summed E-state index contributed by atoms with van der Waals surface area (Å²) in [7, 11) is 0. The molecule has 1 fully saturated rings. The number of thioether (sulfide) groups is 1. The maximum atomic E-state index is 3.65. The van der Waals surface area contributed by atoms with Crippen molar-refractivity contribution in [2.75, 3.05) is 36.0 Å². The minimum absolute atomic E-state index is 0.655. The molecule has 18 heavy (non-hydrogen) atoms. The van der Waals surface area contributed by atoms with Crippen LogP contribution in [-0.2, 0) is 6.42 Å². The van der Waals surface area contributed by atoms with Gasteiger partial charge in [-0.15, -0.1) is 0 Å². The largest absolute Gasteiger partial charge is 0.369 e. The molecule has 0 aromatic heterocycles. The van der Waals surface area contributed by atoms with Crippen molar-refractivity contribution in [2.45, 2.75) is 19.4 Å². The zero-order valence-corrected chi connectivity index (χ0v) is 11.9. The molecule has 1 aromatic carbocycles. The molecule has 0 radical (unpaired) electrons. The first kappa shape index (κ1) is 12.4. The van der Waals surface area contributed by atoms with E-state index in [0.29, 0.717) is 6.04 Å². The first-order valence-electron chi connectivity index (χ1n) is 6.97. The summed E-state index contributed by atoms with van der Waals surface area (Å²) in [6, 6.07) is 9.58. The third-order valence-electron chi connectivity index (χ3n) is 3.87. The first-order valence-corrected chi connectivity index (χ1v) is 8.12. The summed E-state index contributed by atoms with van der Waals surface area (Å²) >= 11 is 2.08. The van der Waals surface area contributed by atoms with Gasteiger partial charge in [0, 0.05) is 42.9 Å². The summed E-state index contributed by atoms with van der Waals surface area (Å²) in [5.41, 5.74) is 2.99. The molecule has 1 aromatic rings. The molecule has 98 valence electrons. The van der Waals surface area contributed by atoms with Crippen LogP contribution in [0.2, 0.25) is 0 Å². The maximum absolute atomic E-state index is 3.65. The van der Waals surface area contributed by atoms with E-state index >= 15 is 0 Å². The SMILES string of the molecule is CC1Cc2ccccc2N(CC2CSCCN2)C1. The van der Waals surface area contributed by atoms with Gasteiger partial charge in [-0.05, 0) is 24.0 Å². The Kier molecular flexibility index (Phi) is 3.80. The van der Waals surface area contributed by atoms with E-state index in [2.05, 4.69) is 53.2 Å². The molecule has 2 nitrogen and oxygen atoms in total. The predicted octanol–water partition coefficient (Wildman–Crippen LogP) is 2.39. The van der Waals surface area contributed by atoms with Crippen molar-refractivity contribution in [3.63, 3.8) is 0 Å². The summed E-state index contributed by atoms with van der Waals surface area (Å²) in [5, 5.41) is 3.65. The highest BCUT2D eigenvalue weighted by molar-refractivity contribution is 7.99. The van der Waals surface area contributed by atoms with Crippen LogP contribution in [0.1, 0.15) is 12.5 Å². The standard InChI is InChI=1S/C15H22N2S/c1-12-8-13-4-2-3-5-15(13)17(9-12)10-14-11-18-7-6-16-14/h2-5,12,14,16H,6-11H2,1H3. The van der Waals surface area contributed by atoms with Crippen molar-refractivity contribution in [3.05, 3.63) is 29.8 Å². The van der Waals surface area contributed by atoms with Crippen LogP contribution in [0.3, 0.4) is 0 Å². The summed E-state index contributed by atoms with van der Waals surface area (Å²) in [6.45, 7) is 5.90. The smallest absolute Gasteiger partial charge is 0.0399 e. The molecule has 0 aliphatic carbocycles. The molecule has 0 spiro atoms. The lowest BCUT2D eigenvalue weighted by Crippen LogP contribution is -2.48. The van der Waals surface area contributed by atoms with Gasteiger partial charge >= 0.3 is 0 Å². The van der Waals surface area contributed by atoms with E-state index in [4.69, 9.17) is 0 Å². The number of para-hydroxylation sites is 1. The van der Waals surface area contributed by atoms with Gasteiger partial charge in [-0.1, -0.05) is 25.1 Å². The number of fused-ring (bicyclic) bond motifs is 1. The lowest BCUT2D eigenvalue weighted by molar-refractivity contribution is 0.488. The molecule has 2 aliphatic heterocycles. The molecule has 0 amide bonds. The molecule has 2 unspecified atom stereocenters. The third-order valence-corrected chi connectivity index (χ3v) is 5.00. The Morgan fingerprint density at radius 3 is 3.11 bits per heavy atom. The van der Waals surface area contributed by atoms with E-state index in [1.165, 1.54) is 42.3 Å². The van der Waals surface area contributed by atoms with Gasteiger partial charge in [0.2, 0.25) is 0 Å². The molecule has 1 saturated heterocycles.